The first-order chi connectivity index (χ1) is 13.5. The molecule has 0 aliphatic heterocycles. The summed E-state index contributed by atoms with van der Waals surface area (Å²) in [4.78, 5) is 29.5. The topological polar surface area (TPSA) is 64.0 Å². The number of nitrogens with one attached hydrogen (secondary N) is 1. The summed E-state index contributed by atoms with van der Waals surface area (Å²) in [5.74, 6) is -0.550. The van der Waals surface area contributed by atoms with Gasteiger partial charge in [0.25, 0.3) is 5.56 Å². The summed E-state index contributed by atoms with van der Waals surface area (Å²) < 4.78 is 15.8. The zero-order chi connectivity index (χ0) is 19.7. The second-order valence-corrected chi connectivity index (χ2v) is 7.39. The van der Waals surface area contributed by atoms with E-state index in [1.54, 1.807) is 24.3 Å². The molecule has 5 nitrogen and oxygen atoms in total. The highest BCUT2D eigenvalue weighted by Crippen LogP contribution is 2.22. The third-order valence-corrected chi connectivity index (χ3v) is 5.18. The SMILES string of the molecule is O=C(CCc1nc2ccccc2n(Cc2c(F)cccc2Cl)c1=O)NC1CC1. The van der Waals surface area contributed by atoms with Crippen LogP contribution in [0.3, 0.4) is 0 Å². The van der Waals surface area contributed by atoms with Gasteiger partial charge in [0.15, 0.2) is 0 Å². The molecule has 1 N–H and O–H groups in total. The number of benzene rings is 2. The molecule has 0 bridgehead atoms. The normalized spacial score (nSPS) is 13.6. The van der Waals surface area contributed by atoms with E-state index in [2.05, 4.69) is 10.3 Å². The number of hydrogen-bond donors (Lipinski definition) is 1. The van der Waals surface area contributed by atoms with Crippen molar-refractivity contribution in [3.8, 4) is 0 Å². The van der Waals surface area contributed by atoms with E-state index in [4.69, 9.17) is 11.6 Å². The Hall–Kier alpha value is -2.73. The molecular formula is C21H19ClFN3O2. The molecule has 1 fully saturated rings. The lowest BCUT2D eigenvalue weighted by molar-refractivity contribution is -0.121. The van der Waals surface area contributed by atoms with Gasteiger partial charge in [0.05, 0.1) is 17.6 Å². The molecule has 1 saturated carbocycles. The summed E-state index contributed by atoms with van der Waals surface area (Å²) in [6.45, 7) is -0.00531. The minimum Gasteiger partial charge on any atom is -0.353 e. The number of rotatable bonds is 6. The van der Waals surface area contributed by atoms with Crippen LogP contribution >= 0.6 is 11.6 Å². The minimum atomic E-state index is -0.467. The highest BCUT2D eigenvalue weighted by atomic mass is 35.5. The first-order valence-corrected chi connectivity index (χ1v) is 9.61. The first kappa shape index (κ1) is 18.6. The molecule has 2 aromatic carbocycles. The van der Waals surface area contributed by atoms with E-state index in [-0.39, 0.29) is 53.2 Å². The van der Waals surface area contributed by atoms with Crippen molar-refractivity contribution in [1.82, 2.24) is 14.9 Å². The van der Waals surface area contributed by atoms with Gasteiger partial charge in [-0.3, -0.25) is 9.59 Å². The van der Waals surface area contributed by atoms with Gasteiger partial charge in [0.1, 0.15) is 11.5 Å². The Balaban J connectivity index is 1.70. The third-order valence-electron chi connectivity index (χ3n) is 4.83. The Labute approximate surface area is 166 Å². The Bertz CT molecular complexity index is 1090. The third kappa shape index (κ3) is 3.92. The average Bonchev–Trinajstić information content (AvgIpc) is 3.49. The number of carbonyl (C=O) groups excluding carboxylic acids is 1. The number of para-hydroxylation sites is 2. The summed E-state index contributed by atoms with van der Waals surface area (Å²) in [7, 11) is 0. The van der Waals surface area contributed by atoms with Crippen LogP contribution in [0.4, 0.5) is 4.39 Å². The molecule has 0 unspecified atom stereocenters. The molecule has 4 rings (SSSR count). The summed E-state index contributed by atoms with van der Waals surface area (Å²) in [5.41, 5.74) is 1.42. The molecule has 0 spiro atoms. The minimum absolute atomic E-state index is 0.00531. The number of aryl methyl sites for hydroxylation is 1. The monoisotopic (exact) mass is 399 g/mol. The first-order valence-electron chi connectivity index (χ1n) is 9.23. The van der Waals surface area contributed by atoms with Gasteiger partial charge >= 0.3 is 0 Å². The van der Waals surface area contributed by atoms with E-state index in [1.807, 2.05) is 6.07 Å². The van der Waals surface area contributed by atoms with Crippen molar-refractivity contribution in [2.45, 2.75) is 38.3 Å². The van der Waals surface area contributed by atoms with E-state index in [1.165, 1.54) is 16.7 Å². The van der Waals surface area contributed by atoms with Crippen LogP contribution in [0.1, 0.15) is 30.5 Å². The lowest BCUT2D eigenvalue weighted by Crippen LogP contribution is -2.29. The van der Waals surface area contributed by atoms with Gasteiger partial charge in [0.2, 0.25) is 5.91 Å². The second kappa shape index (κ2) is 7.72. The number of halogens is 2. The van der Waals surface area contributed by atoms with Crippen LogP contribution in [0.15, 0.2) is 47.3 Å². The highest BCUT2D eigenvalue weighted by molar-refractivity contribution is 6.31. The van der Waals surface area contributed by atoms with Crippen LogP contribution in [0.5, 0.6) is 0 Å². The lowest BCUT2D eigenvalue weighted by Gasteiger charge is -2.14. The second-order valence-electron chi connectivity index (χ2n) is 6.98. The molecule has 28 heavy (non-hydrogen) atoms. The number of fused-ring (bicyclic) bond motifs is 1. The van der Waals surface area contributed by atoms with Crippen molar-refractivity contribution in [2.24, 2.45) is 0 Å². The van der Waals surface area contributed by atoms with Gasteiger partial charge in [-0.2, -0.15) is 0 Å². The summed E-state index contributed by atoms with van der Waals surface area (Å²) in [6, 6.07) is 11.9. The maximum Gasteiger partial charge on any atom is 0.273 e. The summed E-state index contributed by atoms with van der Waals surface area (Å²) >= 11 is 6.16. The molecule has 0 radical (unpaired) electrons. The van der Waals surface area contributed by atoms with Crippen molar-refractivity contribution in [2.75, 3.05) is 0 Å². The molecule has 3 aromatic rings. The maximum atomic E-state index is 14.3. The summed E-state index contributed by atoms with van der Waals surface area (Å²) in [5, 5.41) is 3.17. The fraction of sp³-hybridized carbons (Fsp3) is 0.286. The number of hydrogen-bond acceptors (Lipinski definition) is 3. The van der Waals surface area contributed by atoms with Crippen LogP contribution in [0.25, 0.3) is 11.0 Å². The quantitative estimate of drug-likeness (QED) is 0.690. The molecule has 1 aliphatic carbocycles. The predicted molar refractivity (Wildman–Crippen MR) is 106 cm³/mol. The fourth-order valence-corrected chi connectivity index (χ4v) is 3.39. The van der Waals surface area contributed by atoms with E-state index in [0.717, 1.165) is 12.8 Å². The maximum absolute atomic E-state index is 14.3. The van der Waals surface area contributed by atoms with E-state index < -0.39 is 5.82 Å². The molecule has 1 aromatic heterocycles. The molecular weight excluding hydrogens is 381 g/mol. The van der Waals surface area contributed by atoms with Crippen molar-refractivity contribution in [1.29, 1.82) is 0 Å². The van der Waals surface area contributed by atoms with Crippen molar-refractivity contribution in [3.63, 3.8) is 0 Å². The van der Waals surface area contributed by atoms with Gasteiger partial charge in [-0.25, -0.2) is 9.37 Å². The largest absolute Gasteiger partial charge is 0.353 e. The van der Waals surface area contributed by atoms with E-state index in [0.29, 0.717) is 11.0 Å². The predicted octanol–water partition coefficient (Wildman–Crippen LogP) is 3.45. The Morgan fingerprint density at radius 2 is 2.00 bits per heavy atom. The molecule has 1 heterocycles. The molecule has 144 valence electrons. The van der Waals surface area contributed by atoms with Gasteiger partial charge in [0, 0.05) is 29.5 Å². The van der Waals surface area contributed by atoms with Crippen LogP contribution in [-0.2, 0) is 17.8 Å². The van der Waals surface area contributed by atoms with Crippen LogP contribution in [0.2, 0.25) is 5.02 Å². The molecule has 0 atom stereocenters. The molecule has 1 amide bonds. The van der Waals surface area contributed by atoms with Gasteiger partial charge in [-0.05, 0) is 37.1 Å². The molecule has 1 aliphatic rings. The number of amides is 1. The number of nitrogens with zero attached hydrogens (tertiary/aromatic N) is 2. The van der Waals surface area contributed by atoms with Gasteiger partial charge < -0.3 is 9.88 Å². The lowest BCUT2D eigenvalue weighted by atomic mass is 10.1. The van der Waals surface area contributed by atoms with Crippen LogP contribution in [0, 0.1) is 5.82 Å². The van der Waals surface area contributed by atoms with Gasteiger partial charge in [-0.15, -0.1) is 0 Å². The van der Waals surface area contributed by atoms with Crippen molar-refractivity contribution >= 4 is 28.5 Å². The Kier molecular flexibility index (Phi) is 5.13. The zero-order valence-corrected chi connectivity index (χ0v) is 15.9. The fourth-order valence-electron chi connectivity index (χ4n) is 3.17. The smallest absolute Gasteiger partial charge is 0.273 e. The Morgan fingerprint density at radius 3 is 2.75 bits per heavy atom. The van der Waals surface area contributed by atoms with Gasteiger partial charge in [-0.1, -0.05) is 29.8 Å². The Morgan fingerprint density at radius 1 is 1.21 bits per heavy atom. The average molecular weight is 400 g/mol. The van der Waals surface area contributed by atoms with Crippen molar-refractivity contribution in [3.05, 3.63) is 74.9 Å². The van der Waals surface area contributed by atoms with E-state index in [9.17, 15) is 14.0 Å². The standard InChI is InChI=1S/C21H19ClFN3O2/c22-15-4-3-5-16(23)14(15)12-26-19-7-2-1-6-17(19)25-18(21(26)28)10-11-20(27)24-13-8-9-13/h1-7,13H,8-12H2,(H,24,27). The summed E-state index contributed by atoms with van der Waals surface area (Å²) in [6.07, 6.45) is 2.44. The molecule has 7 heteroatoms. The zero-order valence-electron chi connectivity index (χ0n) is 15.1. The number of aromatic nitrogens is 2. The number of carbonyl (C=O) groups is 1. The van der Waals surface area contributed by atoms with Crippen LogP contribution in [-0.4, -0.2) is 21.5 Å². The van der Waals surface area contributed by atoms with Crippen molar-refractivity contribution < 1.29 is 9.18 Å². The molecule has 0 saturated heterocycles. The van der Waals surface area contributed by atoms with E-state index >= 15 is 0 Å². The van der Waals surface area contributed by atoms with Crippen LogP contribution < -0.4 is 10.9 Å². The highest BCUT2D eigenvalue weighted by Gasteiger charge is 2.23.